The third kappa shape index (κ3) is 80.6. The third-order valence-electron chi connectivity index (χ3n) is 17.0. The van der Waals surface area contributed by atoms with E-state index in [0.717, 1.165) is 122 Å². The van der Waals surface area contributed by atoms with Gasteiger partial charge in [0.25, 0.3) is 7.82 Å². The van der Waals surface area contributed by atoms with Gasteiger partial charge in [0.15, 0.2) is 6.10 Å². The molecule has 0 heterocycles. The number of allylic oxidation sites excluding steroid dienone is 26. The van der Waals surface area contributed by atoms with Crippen LogP contribution in [0.15, 0.2) is 158 Å². The molecule has 0 bridgehead atoms. The molecular weight excluding hydrogens is 1230 g/mol. The average Bonchev–Trinajstić information content (AvgIpc) is 1.08. The first-order chi connectivity index (χ1) is 48.0. The van der Waals surface area contributed by atoms with Gasteiger partial charge in [-0.15, -0.1) is 0 Å². The molecule has 560 valence electrons. The molecule has 0 fully saturated rings. The molecule has 98 heavy (non-hydrogen) atoms. The average molecular weight is 1380 g/mol. The molecule has 0 aromatic carbocycles. The van der Waals surface area contributed by atoms with Crippen molar-refractivity contribution in [2.75, 3.05) is 47.5 Å². The van der Waals surface area contributed by atoms with Crippen LogP contribution in [0, 0.1) is 0 Å². The summed E-state index contributed by atoms with van der Waals surface area (Å²) >= 11 is 0. The zero-order valence-electron chi connectivity index (χ0n) is 63.9. The zero-order valence-corrected chi connectivity index (χ0v) is 64.8. The first kappa shape index (κ1) is 93.6. The number of unbranched alkanes of at least 4 members (excludes halogenated alkanes) is 33. The molecule has 9 nitrogen and oxygen atoms in total. The van der Waals surface area contributed by atoms with Crippen molar-refractivity contribution >= 4 is 19.8 Å². The fourth-order valence-electron chi connectivity index (χ4n) is 11.0. The van der Waals surface area contributed by atoms with E-state index >= 15 is 0 Å². The normalized spacial score (nSPS) is 13.9. The molecule has 0 aromatic rings. The van der Waals surface area contributed by atoms with Crippen LogP contribution in [0.25, 0.3) is 0 Å². The van der Waals surface area contributed by atoms with Gasteiger partial charge in [0.05, 0.1) is 27.7 Å². The maximum Gasteiger partial charge on any atom is 0.306 e. The number of nitrogens with zero attached hydrogens (tertiary/aromatic N) is 1. The molecule has 0 aliphatic carbocycles. The molecule has 10 heteroatoms. The number of carbonyl (C=O) groups is 2. The SMILES string of the molecule is CC/C=C\C/C=C\C/C=C\C/C=C\C/C=C\C/C=C\C/C=C\C/C=C\C/C=C\CCCCCCCCCCCCCCCC(=O)OC(COC(=O)CCCCCCCCCCCCCCCCCCCCCC/C=C\C/C=C\C/C=C\C/C=C\CC)COP(=O)([O-])OCC[N+](C)(C)C. The van der Waals surface area contributed by atoms with Crippen LogP contribution in [-0.4, -0.2) is 70.0 Å². The molecule has 0 radical (unpaired) electrons. The van der Waals surface area contributed by atoms with Crippen LogP contribution in [0.4, 0.5) is 0 Å². The molecular formula is C88H150NO8P. The van der Waals surface area contributed by atoms with E-state index in [1.807, 2.05) is 21.1 Å². The Morgan fingerprint density at radius 3 is 0.816 bits per heavy atom. The Labute approximate surface area is 605 Å². The predicted octanol–water partition coefficient (Wildman–Crippen LogP) is 26.4. The van der Waals surface area contributed by atoms with E-state index in [1.165, 1.54) is 180 Å². The molecule has 0 aliphatic heterocycles. The summed E-state index contributed by atoms with van der Waals surface area (Å²) in [5, 5.41) is 0. The third-order valence-corrected chi connectivity index (χ3v) is 18.0. The lowest BCUT2D eigenvalue weighted by molar-refractivity contribution is -0.870. The second-order valence-electron chi connectivity index (χ2n) is 27.7. The number of hydrogen-bond acceptors (Lipinski definition) is 8. The van der Waals surface area contributed by atoms with E-state index in [1.54, 1.807) is 0 Å². The number of likely N-dealkylation sites (N-methyl/N-ethyl adjacent to an activating group) is 1. The van der Waals surface area contributed by atoms with Crippen LogP contribution < -0.4 is 4.89 Å². The molecule has 0 spiro atoms. The lowest BCUT2D eigenvalue weighted by Crippen LogP contribution is -2.37. The Hall–Kier alpha value is -4.37. The molecule has 0 aromatic heterocycles. The van der Waals surface area contributed by atoms with E-state index in [0.29, 0.717) is 17.4 Å². The van der Waals surface area contributed by atoms with Gasteiger partial charge in [-0.05, 0) is 122 Å². The quantitative estimate of drug-likeness (QED) is 0.0195. The molecule has 0 amide bonds. The molecule has 0 N–H and O–H groups in total. The van der Waals surface area contributed by atoms with Crippen LogP contribution in [0.1, 0.15) is 335 Å². The topological polar surface area (TPSA) is 111 Å². The number of hydrogen-bond donors (Lipinski definition) is 0. The van der Waals surface area contributed by atoms with E-state index in [2.05, 4.69) is 172 Å². The van der Waals surface area contributed by atoms with Crippen molar-refractivity contribution in [3.8, 4) is 0 Å². The highest BCUT2D eigenvalue weighted by Gasteiger charge is 2.22. The first-order valence-electron chi connectivity index (χ1n) is 40.2. The fraction of sp³-hybridized carbons (Fsp3) is 0.682. The summed E-state index contributed by atoms with van der Waals surface area (Å²) in [5.41, 5.74) is 0. The molecule has 0 saturated heterocycles. The van der Waals surface area contributed by atoms with Gasteiger partial charge in [0.1, 0.15) is 19.8 Å². The van der Waals surface area contributed by atoms with Crippen LogP contribution in [0.2, 0.25) is 0 Å². The number of ether oxygens (including phenoxy) is 2. The van der Waals surface area contributed by atoms with Gasteiger partial charge >= 0.3 is 11.9 Å². The Morgan fingerprint density at radius 2 is 0.551 bits per heavy atom. The second kappa shape index (κ2) is 76.8. The second-order valence-corrected chi connectivity index (χ2v) is 29.1. The molecule has 0 saturated carbocycles. The number of phosphoric acid groups is 1. The van der Waals surface area contributed by atoms with Crippen molar-refractivity contribution in [3.05, 3.63) is 158 Å². The fourth-order valence-corrected chi connectivity index (χ4v) is 11.7. The Bertz CT molecular complexity index is 2220. The number of carbonyl (C=O) groups excluding carboxylic acids is 2. The Morgan fingerprint density at radius 1 is 0.316 bits per heavy atom. The van der Waals surface area contributed by atoms with Crippen molar-refractivity contribution in [2.45, 2.75) is 341 Å². The summed E-state index contributed by atoms with van der Waals surface area (Å²) < 4.78 is 34.4. The maximum absolute atomic E-state index is 12.9. The first-order valence-corrected chi connectivity index (χ1v) is 41.7. The predicted molar refractivity (Wildman–Crippen MR) is 424 cm³/mol. The van der Waals surface area contributed by atoms with Crippen molar-refractivity contribution in [3.63, 3.8) is 0 Å². The summed E-state index contributed by atoms with van der Waals surface area (Å²) in [6.45, 7) is 4.04. The lowest BCUT2D eigenvalue weighted by atomic mass is 10.0. The maximum atomic E-state index is 12.9. The van der Waals surface area contributed by atoms with Gasteiger partial charge in [0.2, 0.25) is 0 Å². The number of esters is 2. The van der Waals surface area contributed by atoms with Crippen LogP contribution in [0.5, 0.6) is 0 Å². The monoisotopic (exact) mass is 1380 g/mol. The summed E-state index contributed by atoms with van der Waals surface area (Å²) in [6.07, 6.45) is 115. The highest BCUT2D eigenvalue weighted by Crippen LogP contribution is 2.38. The lowest BCUT2D eigenvalue weighted by Gasteiger charge is -2.28. The summed E-state index contributed by atoms with van der Waals surface area (Å²) in [4.78, 5) is 38.2. The highest BCUT2D eigenvalue weighted by molar-refractivity contribution is 7.45. The minimum atomic E-state index is -4.65. The van der Waals surface area contributed by atoms with E-state index in [9.17, 15) is 19.0 Å². The van der Waals surface area contributed by atoms with Crippen molar-refractivity contribution in [1.29, 1.82) is 0 Å². The van der Waals surface area contributed by atoms with Gasteiger partial charge in [-0.25, -0.2) is 0 Å². The Balaban J connectivity index is 4.00. The van der Waals surface area contributed by atoms with Gasteiger partial charge in [-0.1, -0.05) is 358 Å². The van der Waals surface area contributed by atoms with Crippen molar-refractivity contribution in [1.82, 2.24) is 0 Å². The molecule has 0 rings (SSSR count). The zero-order chi connectivity index (χ0) is 71.1. The van der Waals surface area contributed by atoms with Crippen LogP contribution in [-0.2, 0) is 32.7 Å². The van der Waals surface area contributed by atoms with E-state index in [-0.39, 0.29) is 32.0 Å². The van der Waals surface area contributed by atoms with E-state index < -0.39 is 26.5 Å². The van der Waals surface area contributed by atoms with Gasteiger partial charge in [-0.2, -0.15) is 0 Å². The minimum absolute atomic E-state index is 0.0354. The van der Waals surface area contributed by atoms with Crippen LogP contribution in [0.3, 0.4) is 0 Å². The smallest absolute Gasteiger partial charge is 0.306 e. The number of quaternary nitrogens is 1. The largest absolute Gasteiger partial charge is 0.756 e. The van der Waals surface area contributed by atoms with Crippen molar-refractivity contribution in [2.24, 2.45) is 0 Å². The Kier molecular flexibility index (Phi) is 73.4. The van der Waals surface area contributed by atoms with Crippen LogP contribution >= 0.6 is 7.82 Å². The van der Waals surface area contributed by atoms with Gasteiger partial charge in [-0.3, -0.25) is 14.2 Å². The highest BCUT2D eigenvalue weighted by atomic mass is 31.2. The number of rotatable bonds is 73. The summed E-state index contributed by atoms with van der Waals surface area (Å²) in [6, 6.07) is 0. The van der Waals surface area contributed by atoms with E-state index in [4.69, 9.17) is 18.5 Å². The summed E-state index contributed by atoms with van der Waals surface area (Å²) in [7, 11) is 1.16. The standard InChI is InChI=1S/C88H150NO8P/c1-6-8-10-12-14-16-18-20-22-24-26-28-30-32-34-36-38-40-41-42-43-44-45-46-47-49-51-53-55-57-59-61-63-65-67-69-71-73-75-77-79-81-88(91)97-86(85-96-98(92,93)95-83-82-89(3,4)5)84-94-87(90)80-78-76-74-72-70-68-66-64-62-60-58-56-54-52-50-48-39-37-35-33-31-29-27-25-23-21-19-17-15-13-11-9-7-2/h8-11,14-17,20-23,26-29,32,34,38,40,42-43,45-46,49,51,86H,6-7,12-13,18-19,24-25,30-31,33,35-37,39,41,44,47-48,50,52-85H2,1-5H3/b10-8-,11-9-,16-14-,17-15-,22-20-,23-21-,28-26-,29-27-,34-32-,40-38-,43-42-,46-45-,51-49-. The van der Waals surface area contributed by atoms with Gasteiger partial charge in [0, 0.05) is 12.8 Å². The number of phosphoric ester groups is 1. The summed E-state index contributed by atoms with van der Waals surface area (Å²) in [5.74, 6) is -0.829. The van der Waals surface area contributed by atoms with Crippen molar-refractivity contribution < 1.29 is 42.1 Å². The molecule has 0 aliphatic rings. The van der Waals surface area contributed by atoms with Gasteiger partial charge < -0.3 is 27.9 Å². The molecule has 2 atom stereocenters. The molecule has 2 unspecified atom stereocenters. The minimum Gasteiger partial charge on any atom is -0.756 e.